The van der Waals surface area contributed by atoms with E-state index >= 15 is 0 Å². The Labute approximate surface area is 161 Å². The third-order valence-electron chi connectivity index (χ3n) is 3.16. The van der Waals surface area contributed by atoms with Gasteiger partial charge in [-0.25, -0.2) is 0 Å². The number of hydrogen-bond acceptors (Lipinski definition) is 5. The van der Waals surface area contributed by atoms with Crippen LogP contribution in [0.4, 0.5) is 0 Å². The van der Waals surface area contributed by atoms with Crippen LogP contribution in [-0.4, -0.2) is 40.3 Å². The van der Waals surface area contributed by atoms with Gasteiger partial charge in [0.2, 0.25) is 0 Å². The zero-order chi connectivity index (χ0) is 19.5. The van der Waals surface area contributed by atoms with Crippen molar-refractivity contribution in [1.82, 2.24) is 0 Å². The molecular formula is C14H31Cl2N3O4Pt. The first-order valence-corrected chi connectivity index (χ1v) is 13.4. The average molecular weight is 571 g/mol. The van der Waals surface area contributed by atoms with Gasteiger partial charge in [0.1, 0.15) is 12.1 Å². The molecule has 0 aliphatic heterocycles. The normalized spacial score (nSPS) is 16.1. The van der Waals surface area contributed by atoms with Crippen molar-refractivity contribution in [3.05, 3.63) is 0 Å². The molecule has 0 amide bonds. The van der Waals surface area contributed by atoms with Crippen LogP contribution in [0.25, 0.3) is 0 Å². The van der Waals surface area contributed by atoms with E-state index in [0.717, 1.165) is 0 Å². The molecule has 150 valence electrons. The molecule has 2 atom stereocenters. The minimum atomic E-state index is -0.928. The number of nitrogens with two attached hydrogens (primary N) is 3. The summed E-state index contributed by atoms with van der Waals surface area (Å²) < 4.78 is 0. The fourth-order valence-electron chi connectivity index (χ4n) is 1.48. The molecule has 0 aromatic carbocycles. The molecule has 8 N–H and O–H groups in total. The van der Waals surface area contributed by atoms with Gasteiger partial charge in [-0.2, -0.15) is 0 Å². The van der Waals surface area contributed by atoms with Crippen molar-refractivity contribution in [3.8, 4) is 0 Å². The van der Waals surface area contributed by atoms with Crippen molar-refractivity contribution in [3.63, 3.8) is 0 Å². The standard InChI is InChI=1S/C6H13N.2C4H9NO2.2ClH.Pt/c7-6-4-2-1-3-5-6;2*1-2-3(5)4(6)7;;;/h6H,1-5,7H2;2*3H,2,5H2,1H3,(H,6,7);2*1H;/q;;;;;+2/p-2. The summed E-state index contributed by atoms with van der Waals surface area (Å²) in [5.41, 5.74) is 15.7. The quantitative estimate of drug-likeness (QED) is 0.347. The van der Waals surface area contributed by atoms with Crippen LogP contribution in [0, 0.1) is 0 Å². The zero-order valence-corrected chi connectivity index (χ0v) is 18.0. The van der Waals surface area contributed by atoms with E-state index in [-0.39, 0.29) is 0 Å². The fourth-order valence-corrected chi connectivity index (χ4v) is 1.48. The van der Waals surface area contributed by atoms with Crippen molar-refractivity contribution >= 4 is 30.8 Å². The van der Waals surface area contributed by atoms with Gasteiger partial charge in [0.05, 0.1) is 0 Å². The van der Waals surface area contributed by atoms with Crippen LogP contribution in [0.5, 0.6) is 0 Å². The monoisotopic (exact) mass is 570 g/mol. The number of halogens is 2. The summed E-state index contributed by atoms with van der Waals surface area (Å²) in [6, 6.07) is -0.825. The first-order chi connectivity index (χ1) is 11.2. The minimum absolute atomic E-state index is 0.472. The third kappa shape index (κ3) is 24.3. The molecule has 0 bridgehead atoms. The molecule has 2 unspecified atom stereocenters. The summed E-state index contributed by atoms with van der Waals surface area (Å²) >= 11 is -0.472. The van der Waals surface area contributed by atoms with Gasteiger partial charge in [0, 0.05) is 6.04 Å². The molecule has 1 aliphatic carbocycles. The SMILES string of the molecule is CCC(N)C(=O)O.CCC(N)C(=O)O.NC1CCCCC1.[Cl][Pt][Cl]. The summed E-state index contributed by atoms with van der Waals surface area (Å²) in [4.78, 5) is 19.6. The van der Waals surface area contributed by atoms with E-state index in [2.05, 4.69) is 0 Å². The summed E-state index contributed by atoms with van der Waals surface area (Å²) in [7, 11) is 9.75. The van der Waals surface area contributed by atoms with Gasteiger partial charge in [0.15, 0.2) is 0 Å². The molecule has 0 aromatic rings. The molecule has 7 nitrogen and oxygen atoms in total. The first-order valence-electron chi connectivity index (χ1n) is 7.72. The maximum atomic E-state index is 9.81. The van der Waals surface area contributed by atoms with Crippen LogP contribution in [0.1, 0.15) is 58.8 Å². The second-order valence-corrected chi connectivity index (χ2v) is 8.43. The Balaban J connectivity index is -0.000000255. The number of rotatable bonds is 4. The molecule has 1 aliphatic rings. The summed E-state index contributed by atoms with van der Waals surface area (Å²) in [5, 5.41) is 16.1. The molecule has 1 fully saturated rings. The van der Waals surface area contributed by atoms with E-state index in [1.807, 2.05) is 0 Å². The Morgan fingerprint density at radius 1 is 1.00 bits per heavy atom. The van der Waals surface area contributed by atoms with Gasteiger partial charge in [-0.3, -0.25) is 9.59 Å². The van der Waals surface area contributed by atoms with E-state index in [9.17, 15) is 9.59 Å². The Morgan fingerprint density at radius 3 is 1.38 bits per heavy atom. The van der Waals surface area contributed by atoms with Gasteiger partial charge in [-0.1, -0.05) is 33.1 Å². The van der Waals surface area contributed by atoms with E-state index in [1.54, 1.807) is 13.8 Å². The molecule has 0 aromatic heterocycles. The molecule has 0 heterocycles. The number of hydrogen-bond donors (Lipinski definition) is 5. The Kier molecular flexibility index (Phi) is 25.4. The number of aliphatic carboxylic acids is 2. The molecule has 1 rings (SSSR count). The number of carbonyl (C=O) groups is 2. The van der Waals surface area contributed by atoms with Crippen LogP contribution in [0.3, 0.4) is 0 Å². The molecule has 0 saturated heterocycles. The second-order valence-electron chi connectivity index (χ2n) is 5.15. The van der Waals surface area contributed by atoms with Gasteiger partial charge in [-0.05, 0) is 25.7 Å². The maximum absolute atomic E-state index is 9.81. The van der Waals surface area contributed by atoms with E-state index in [0.29, 0.717) is 18.9 Å². The molecule has 0 radical (unpaired) electrons. The van der Waals surface area contributed by atoms with E-state index in [4.69, 9.17) is 46.3 Å². The Bertz CT molecular complexity index is 290. The summed E-state index contributed by atoms with van der Waals surface area (Å²) in [6.07, 6.45) is 7.65. The van der Waals surface area contributed by atoms with Crippen molar-refractivity contribution in [2.75, 3.05) is 0 Å². The van der Waals surface area contributed by atoms with Crippen molar-refractivity contribution in [1.29, 1.82) is 0 Å². The van der Waals surface area contributed by atoms with Gasteiger partial charge in [0.25, 0.3) is 0 Å². The van der Waals surface area contributed by atoms with E-state index in [1.165, 1.54) is 32.1 Å². The van der Waals surface area contributed by atoms with E-state index < -0.39 is 40.5 Å². The zero-order valence-electron chi connectivity index (χ0n) is 14.2. The van der Waals surface area contributed by atoms with Crippen molar-refractivity contribution in [2.45, 2.75) is 76.9 Å². The van der Waals surface area contributed by atoms with Crippen LogP contribution in [0.15, 0.2) is 0 Å². The summed E-state index contributed by atoms with van der Waals surface area (Å²) in [5.74, 6) is -1.86. The predicted octanol–water partition coefficient (Wildman–Crippen LogP) is 2.27. The molecule has 1 saturated carbocycles. The van der Waals surface area contributed by atoms with Crippen LogP contribution < -0.4 is 17.2 Å². The predicted molar refractivity (Wildman–Crippen MR) is 94.6 cm³/mol. The number of carboxylic acids is 2. The molecule has 24 heavy (non-hydrogen) atoms. The van der Waals surface area contributed by atoms with Gasteiger partial charge in [-0.15, -0.1) is 0 Å². The first kappa shape index (κ1) is 28.9. The van der Waals surface area contributed by atoms with Crippen LogP contribution in [-0.2, 0) is 26.1 Å². The summed E-state index contributed by atoms with van der Waals surface area (Å²) in [6.45, 7) is 3.47. The Hall–Kier alpha value is 0.0883. The second kappa shape index (κ2) is 21.1. The fraction of sp³-hybridized carbons (Fsp3) is 0.857. The molecule has 0 spiro atoms. The number of carboxylic acid groups (broad SMARTS) is 2. The average Bonchev–Trinajstić information content (AvgIpc) is 2.55. The molecule has 10 heteroatoms. The topological polar surface area (TPSA) is 153 Å². The van der Waals surface area contributed by atoms with Crippen molar-refractivity contribution in [2.24, 2.45) is 17.2 Å². The van der Waals surface area contributed by atoms with Gasteiger partial charge >= 0.3 is 47.3 Å². The van der Waals surface area contributed by atoms with Crippen LogP contribution >= 0.6 is 18.8 Å². The Morgan fingerprint density at radius 2 is 1.29 bits per heavy atom. The van der Waals surface area contributed by atoms with Crippen LogP contribution in [0.2, 0.25) is 0 Å². The molecular weight excluding hydrogens is 540 g/mol. The van der Waals surface area contributed by atoms with Crippen molar-refractivity contribution < 1.29 is 36.3 Å². The van der Waals surface area contributed by atoms with Gasteiger partial charge < -0.3 is 27.4 Å². The third-order valence-corrected chi connectivity index (χ3v) is 3.16.